The molecule has 0 aromatic heterocycles. The summed E-state index contributed by atoms with van der Waals surface area (Å²) in [6.45, 7) is 2.69. The molecule has 0 spiro atoms. The Morgan fingerprint density at radius 1 is 1.50 bits per heavy atom. The highest BCUT2D eigenvalue weighted by Gasteiger charge is 2.18. The van der Waals surface area contributed by atoms with Gasteiger partial charge in [-0.25, -0.2) is 17.9 Å². The number of hydrogen-bond donors (Lipinski definition) is 2. The first kappa shape index (κ1) is 13.4. The second kappa shape index (κ2) is 5.09. The van der Waals surface area contributed by atoms with E-state index in [0.29, 0.717) is 6.54 Å². The number of hydrogen-bond acceptors (Lipinski definition) is 3. The molecule has 4 nitrogen and oxygen atoms in total. The SMILES string of the molecule is CCNCc1cc(Cl)cc(S(N)(=O)=O)c1F. The lowest BCUT2D eigenvalue weighted by Crippen LogP contribution is -2.18. The van der Waals surface area contributed by atoms with Crippen LogP contribution in [0.5, 0.6) is 0 Å². The van der Waals surface area contributed by atoms with Gasteiger partial charge in [-0.05, 0) is 18.7 Å². The van der Waals surface area contributed by atoms with Crippen LogP contribution in [0.3, 0.4) is 0 Å². The molecule has 7 heteroatoms. The van der Waals surface area contributed by atoms with Crippen LogP contribution in [0.2, 0.25) is 5.02 Å². The molecule has 1 aromatic rings. The third-order valence-corrected chi connectivity index (χ3v) is 3.08. The van der Waals surface area contributed by atoms with Gasteiger partial charge in [-0.1, -0.05) is 18.5 Å². The maximum absolute atomic E-state index is 13.7. The van der Waals surface area contributed by atoms with Crippen LogP contribution in [-0.4, -0.2) is 15.0 Å². The Labute approximate surface area is 98.6 Å². The van der Waals surface area contributed by atoms with Gasteiger partial charge in [-0.2, -0.15) is 0 Å². The lowest BCUT2D eigenvalue weighted by Gasteiger charge is -2.08. The number of benzene rings is 1. The lowest BCUT2D eigenvalue weighted by molar-refractivity contribution is 0.551. The van der Waals surface area contributed by atoms with Crippen molar-refractivity contribution in [1.29, 1.82) is 0 Å². The Balaban J connectivity index is 3.27. The summed E-state index contributed by atoms with van der Waals surface area (Å²) in [7, 11) is -4.09. The van der Waals surface area contributed by atoms with Gasteiger partial charge in [0.15, 0.2) is 0 Å². The third-order valence-electron chi connectivity index (χ3n) is 1.95. The van der Waals surface area contributed by atoms with Crippen molar-refractivity contribution in [3.63, 3.8) is 0 Å². The lowest BCUT2D eigenvalue weighted by atomic mass is 10.2. The fraction of sp³-hybridized carbons (Fsp3) is 0.333. The highest BCUT2D eigenvalue weighted by atomic mass is 35.5. The molecule has 0 aliphatic carbocycles. The number of nitrogens with one attached hydrogen (secondary N) is 1. The molecule has 1 aromatic carbocycles. The molecular weight excluding hydrogens is 255 g/mol. The van der Waals surface area contributed by atoms with E-state index in [0.717, 1.165) is 6.07 Å². The summed E-state index contributed by atoms with van der Waals surface area (Å²) in [6, 6.07) is 2.37. The van der Waals surface area contributed by atoms with Gasteiger partial charge in [0.2, 0.25) is 10.0 Å². The fourth-order valence-electron chi connectivity index (χ4n) is 1.21. The average Bonchev–Trinajstić information content (AvgIpc) is 2.17. The Hall–Kier alpha value is -0.690. The van der Waals surface area contributed by atoms with Gasteiger partial charge in [-0.3, -0.25) is 0 Å². The van der Waals surface area contributed by atoms with E-state index >= 15 is 0 Å². The minimum Gasteiger partial charge on any atom is -0.313 e. The topological polar surface area (TPSA) is 72.2 Å². The average molecular weight is 267 g/mol. The van der Waals surface area contributed by atoms with Gasteiger partial charge >= 0.3 is 0 Å². The largest absolute Gasteiger partial charge is 0.313 e. The van der Waals surface area contributed by atoms with Gasteiger partial charge in [0.05, 0.1) is 0 Å². The van der Waals surface area contributed by atoms with Gasteiger partial charge in [-0.15, -0.1) is 0 Å². The standard InChI is InChI=1S/C9H12ClFN2O2S/c1-2-13-5-6-3-7(10)4-8(9(6)11)16(12,14)15/h3-4,13H,2,5H2,1H3,(H2,12,14,15). The number of nitrogens with two attached hydrogens (primary N) is 1. The van der Waals surface area contributed by atoms with Crippen molar-refractivity contribution in [1.82, 2.24) is 5.32 Å². The monoisotopic (exact) mass is 266 g/mol. The second-order valence-corrected chi connectivity index (χ2v) is 5.17. The van der Waals surface area contributed by atoms with Crippen LogP contribution in [-0.2, 0) is 16.6 Å². The summed E-state index contributed by atoms with van der Waals surface area (Å²) < 4.78 is 35.9. The normalized spacial score (nSPS) is 11.8. The molecule has 0 heterocycles. The van der Waals surface area contributed by atoms with Crippen molar-refractivity contribution in [2.45, 2.75) is 18.4 Å². The van der Waals surface area contributed by atoms with Gasteiger partial charge in [0, 0.05) is 17.1 Å². The van der Waals surface area contributed by atoms with Crippen LogP contribution in [0.1, 0.15) is 12.5 Å². The highest BCUT2D eigenvalue weighted by Crippen LogP contribution is 2.22. The smallest absolute Gasteiger partial charge is 0.241 e. The van der Waals surface area contributed by atoms with E-state index in [-0.39, 0.29) is 17.1 Å². The Kier molecular flexibility index (Phi) is 4.26. The molecule has 0 amide bonds. The number of rotatable bonds is 4. The van der Waals surface area contributed by atoms with E-state index in [2.05, 4.69) is 5.32 Å². The van der Waals surface area contributed by atoms with Crippen molar-refractivity contribution >= 4 is 21.6 Å². The predicted octanol–water partition coefficient (Wildman–Crippen LogP) is 1.24. The zero-order valence-electron chi connectivity index (χ0n) is 8.63. The van der Waals surface area contributed by atoms with Crippen LogP contribution < -0.4 is 10.5 Å². The van der Waals surface area contributed by atoms with Gasteiger partial charge in [0.25, 0.3) is 0 Å². The number of sulfonamides is 1. The summed E-state index contributed by atoms with van der Waals surface area (Å²) in [5, 5.41) is 7.89. The van der Waals surface area contributed by atoms with Crippen molar-refractivity contribution in [3.05, 3.63) is 28.5 Å². The van der Waals surface area contributed by atoms with Gasteiger partial charge in [0.1, 0.15) is 10.7 Å². The molecule has 90 valence electrons. The molecule has 0 aliphatic heterocycles. The molecule has 1 rings (SSSR count). The van der Waals surface area contributed by atoms with Crippen molar-refractivity contribution < 1.29 is 12.8 Å². The number of primary sulfonamides is 1. The van der Waals surface area contributed by atoms with E-state index in [4.69, 9.17) is 16.7 Å². The predicted molar refractivity (Wildman–Crippen MR) is 60.2 cm³/mol. The quantitative estimate of drug-likeness (QED) is 0.861. The first-order chi connectivity index (χ1) is 7.36. The van der Waals surface area contributed by atoms with Crippen LogP contribution in [0.15, 0.2) is 17.0 Å². The molecule has 0 bridgehead atoms. The van der Waals surface area contributed by atoms with E-state index in [1.54, 1.807) is 0 Å². The minimum absolute atomic E-state index is 0.137. The Bertz CT molecular complexity index is 491. The molecule has 0 radical (unpaired) electrons. The Morgan fingerprint density at radius 3 is 2.62 bits per heavy atom. The first-order valence-electron chi connectivity index (χ1n) is 4.57. The molecule has 16 heavy (non-hydrogen) atoms. The maximum atomic E-state index is 13.7. The molecule has 0 saturated carbocycles. The molecular formula is C9H12ClFN2O2S. The van der Waals surface area contributed by atoms with Crippen LogP contribution >= 0.6 is 11.6 Å². The van der Waals surface area contributed by atoms with E-state index in [9.17, 15) is 12.8 Å². The summed E-state index contributed by atoms with van der Waals surface area (Å²) in [4.78, 5) is -0.576. The fourth-order valence-corrected chi connectivity index (χ4v) is 2.19. The third kappa shape index (κ3) is 3.15. The van der Waals surface area contributed by atoms with Crippen LogP contribution in [0.25, 0.3) is 0 Å². The van der Waals surface area contributed by atoms with E-state index in [1.165, 1.54) is 6.07 Å². The minimum atomic E-state index is -4.09. The first-order valence-corrected chi connectivity index (χ1v) is 6.50. The molecule has 3 N–H and O–H groups in total. The number of halogens is 2. The van der Waals surface area contributed by atoms with E-state index in [1.807, 2.05) is 6.92 Å². The van der Waals surface area contributed by atoms with Gasteiger partial charge < -0.3 is 5.32 Å². The zero-order valence-corrected chi connectivity index (χ0v) is 10.2. The van der Waals surface area contributed by atoms with Crippen molar-refractivity contribution in [2.24, 2.45) is 5.14 Å². The van der Waals surface area contributed by atoms with E-state index < -0.39 is 20.7 Å². The molecule has 0 saturated heterocycles. The van der Waals surface area contributed by atoms with Crippen LogP contribution in [0.4, 0.5) is 4.39 Å². The zero-order chi connectivity index (χ0) is 12.3. The molecule has 0 unspecified atom stereocenters. The summed E-state index contributed by atoms with van der Waals surface area (Å²) in [6.07, 6.45) is 0. The summed E-state index contributed by atoms with van der Waals surface area (Å²) in [5.74, 6) is -0.854. The van der Waals surface area contributed by atoms with Crippen molar-refractivity contribution in [3.8, 4) is 0 Å². The summed E-state index contributed by atoms with van der Waals surface area (Å²) >= 11 is 5.69. The summed E-state index contributed by atoms with van der Waals surface area (Å²) in [5.41, 5.74) is 0.179. The highest BCUT2D eigenvalue weighted by molar-refractivity contribution is 7.89. The van der Waals surface area contributed by atoms with Crippen LogP contribution in [0, 0.1) is 5.82 Å². The van der Waals surface area contributed by atoms with Crippen molar-refractivity contribution in [2.75, 3.05) is 6.54 Å². The molecule has 0 fully saturated rings. The Morgan fingerprint density at radius 2 is 2.12 bits per heavy atom. The maximum Gasteiger partial charge on any atom is 0.241 e. The second-order valence-electron chi connectivity index (χ2n) is 3.20. The molecule has 0 aliphatic rings. The molecule has 0 atom stereocenters.